The molecule has 0 fully saturated rings. The molecule has 0 radical (unpaired) electrons. The lowest BCUT2D eigenvalue weighted by atomic mass is 10.1. The molecule has 0 aromatic heterocycles. The molecule has 90 valence electrons. The first-order valence-corrected chi connectivity index (χ1v) is 6.10. The lowest BCUT2D eigenvalue weighted by Gasteiger charge is -2.15. The maximum Gasteiger partial charge on any atom is 0.0462 e. The van der Waals surface area contributed by atoms with Gasteiger partial charge in [-0.1, -0.05) is 29.8 Å². The van der Waals surface area contributed by atoms with E-state index in [2.05, 4.69) is 18.3 Å². The Morgan fingerprint density at radius 2 is 2.06 bits per heavy atom. The lowest BCUT2D eigenvalue weighted by Crippen LogP contribution is -2.20. The lowest BCUT2D eigenvalue weighted by molar-refractivity contribution is 0.192. The number of nitrogens with one attached hydrogen (secondary N) is 1. The van der Waals surface area contributed by atoms with Crippen molar-refractivity contribution in [3.8, 4) is 0 Å². The summed E-state index contributed by atoms with van der Waals surface area (Å²) in [4.78, 5) is 0. The van der Waals surface area contributed by atoms with Crippen molar-refractivity contribution in [2.75, 3.05) is 20.3 Å². The highest BCUT2D eigenvalue weighted by molar-refractivity contribution is 6.31. The van der Waals surface area contributed by atoms with Crippen LogP contribution in [0, 0.1) is 0 Å². The summed E-state index contributed by atoms with van der Waals surface area (Å²) in [5.74, 6) is 0. The van der Waals surface area contributed by atoms with E-state index in [0.717, 1.165) is 36.6 Å². The first-order valence-electron chi connectivity index (χ1n) is 5.72. The molecule has 0 amide bonds. The zero-order valence-electron chi connectivity index (χ0n) is 10.0. The van der Waals surface area contributed by atoms with Crippen LogP contribution in [0.2, 0.25) is 5.02 Å². The highest BCUT2D eigenvalue weighted by Gasteiger charge is 2.07. The first-order chi connectivity index (χ1) is 7.75. The van der Waals surface area contributed by atoms with Gasteiger partial charge in [0.1, 0.15) is 0 Å². The maximum atomic E-state index is 6.12. The second kappa shape index (κ2) is 7.66. The molecule has 16 heavy (non-hydrogen) atoms. The summed E-state index contributed by atoms with van der Waals surface area (Å²) in [6, 6.07) is 8.27. The van der Waals surface area contributed by atoms with E-state index in [-0.39, 0.29) is 0 Å². The molecule has 1 aromatic rings. The van der Waals surface area contributed by atoms with E-state index >= 15 is 0 Å². The largest absolute Gasteiger partial charge is 0.385 e. The van der Waals surface area contributed by atoms with Crippen molar-refractivity contribution in [3.05, 3.63) is 34.9 Å². The highest BCUT2D eigenvalue weighted by atomic mass is 35.5. The molecule has 0 aliphatic rings. The minimum absolute atomic E-state index is 0.302. The molecule has 0 saturated heterocycles. The van der Waals surface area contributed by atoms with Crippen LogP contribution in [0.25, 0.3) is 0 Å². The molecule has 0 bridgehead atoms. The predicted molar refractivity (Wildman–Crippen MR) is 69.0 cm³/mol. The van der Waals surface area contributed by atoms with E-state index in [1.54, 1.807) is 7.11 Å². The molecular formula is C13H20ClNO. The standard InChI is InChI=1S/C13H20ClNO/c1-11(15-9-5-6-10-16-2)12-7-3-4-8-13(12)14/h3-4,7-8,11,15H,5-6,9-10H2,1-2H3/t11-/m0/s1. The van der Waals surface area contributed by atoms with Crippen molar-refractivity contribution in [2.24, 2.45) is 0 Å². The summed E-state index contributed by atoms with van der Waals surface area (Å²) >= 11 is 6.12. The van der Waals surface area contributed by atoms with E-state index < -0.39 is 0 Å². The molecule has 2 nitrogen and oxygen atoms in total. The zero-order valence-corrected chi connectivity index (χ0v) is 10.8. The smallest absolute Gasteiger partial charge is 0.0462 e. The molecule has 0 unspecified atom stereocenters. The van der Waals surface area contributed by atoms with E-state index in [1.165, 1.54) is 0 Å². The van der Waals surface area contributed by atoms with Crippen LogP contribution in [-0.4, -0.2) is 20.3 Å². The third-order valence-corrected chi connectivity index (χ3v) is 2.94. The van der Waals surface area contributed by atoms with Crippen LogP contribution in [0.5, 0.6) is 0 Å². The van der Waals surface area contributed by atoms with Crippen molar-refractivity contribution >= 4 is 11.6 Å². The summed E-state index contributed by atoms with van der Waals surface area (Å²) in [6.07, 6.45) is 2.22. The average Bonchev–Trinajstić information content (AvgIpc) is 2.29. The summed E-state index contributed by atoms with van der Waals surface area (Å²) in [5, 5.41) is 4.29. The minimum atomic E-state index is 0.302. The molecule has 0 aliphatic carbocycles. The molecule has 3 heteroatoms. The van der Waals surface area contributed by atoms with Crippen molar-refractivity contribution in [3.63, 3.8) is 0 Å². The quantitative estimate of drug-likeness (QED) is 0.739. The number of methoxy groups -OCH3 is 1. The Hall–Kier alpha value is -0.570. The third kappa shape index (κ3) is 4.52. The number of halogens is 1. The molecule has 0 heterocycles. The van der Waals surface area contributed by atoms with Gasteiger partial charge in [-0.05, 0) is 37.9 Å². The SMILES string of the molecule is COCCCCN[C@@H](C)c1ccccc1Cl. The summed E-state index contributed by atoms with van der Waals surface area (Å²) in [7, 11) is 1.74. The Balaban J connectivity index is 2.30. The van der Waals surface area contributed by atoms with Crippen molar-refractivity contribution < 1.29 is 4.74 Å². The molecule has 1 N–H and O–H groups in total. The van der Waals surface area contributed by atoms with Gasteiger partial charge in [-0.25, -0.2) is 0 Å². The number of rotatable bonds is 7. The maximum absolute atomic E-state index is 6.12. The van der Waals surface area contributed by atoms with Crippen LogP contribution in [0.1, 0.15) is 31.4 Å². The molecule has 0 spiro atoms. The van der Waals surface area contributed by atoms with Gasteiger partial charge in [0.05, 0.1) is 0 Å². The normalized spacial score (nSPS) is 12.7. The van der Waals surface area contributed by atoms with E-state index in [4.69, 9.17) is 16.3 Å². The van der Waals surface area contributed by atoms with Gasteiger partial charge in [0.25, 0.3) is 0 Å². The molecule has 0 aliphatic heterocycles. The van der Waals surface area contributed by atoms with Crippen LogP contribution in [-0.2, 0) is 4.74 Å². The van der Waals surface area contributed by atoms with Crippen LogP contribution in [0.3, 0.4) is 0 Å². The van der Waals surface area contributed by atoms with Gasteiger partial charge < -0.3 is 10.1 Å². The summed E-state index contributed by atoms with van der Waals surface area (Å²) in [5.41, 5.74) is 1.16. The number of unbranched alkanes of at least 4 members (excludes halogenated alkanes) is 1. The van der Waals surface area contributed by atoms with E-state index in [0.29, 0.717) is 6.04 Å². The van der Waals surface area contributed by atoms with E-state index in [9.17, 15) is 0 Å². The minimum Gasteiger partial charge on any atom is -0.385 e. The Bertz CT molecular complexity index is 304. The van der Waals surface area contributed by atoms with Gasteiger partial charge in [0.15, 0.2) is 0 Å². The summed E-state index contributed by atoms with van der Waals surface area (Å²) in [6.45, 7) is 3.97. The fraction of sp³-hybridized carbons (Fsp3) is 0.538. The van der Waals surface area contributed by atoms with Crippen LogP contribution >= 0.6 is 11.6 Å². The summed E-state index contributed by atoms with van der Waals surface area (Å²) < 4.78 is 5.00. The van der Waals surface area contributed by atoms with Crippen LogP contribution in [0.15, 0.2) is 24.3 Å². The molecule has 1 aromatic carbocycles. The van der Waals surface area contributed by atoms with Crippen LogP contribution in [0.4, 0.5) is 0 Å². The van der Waals surface area contributed by atoms with Crippen molar-refractivity contribution in [2.45, 2.75) is 25.8 Å². The van der Waals surface area contributed by atoms with Gasteiger partial charge in [0.2, 0.25) is 0 Å². The van der Waals surface area contributed by atoms with Gasteiger partial charge in [-0.15, -0.1) is 0 Å². The van der Waals surface area contributed by atoms with Gasteiger partial charge >= 0.3 is 0 Å². The second-order valence-electron chi connectivity index (χ2n) is 3.90. The first kappa shape index (κ1) is 13.5. The zero-order chi connectivity index (χ0) is 11.8. The van der Waals surface area contributed by atoms with Gasteiger partial charge in [0, 0.05) is 24.8 Å². The molecule has 0 saturated carbocycles. The second-order valence-corrected chi connectivity index (χ2v) is 4.30. The number of ether oxygens (including phenoxy) is 1. The van der Waals surface area contributed by atoms with Gasteiger partial charge in [-0.3, -0.25) is 0 Å². The van der Waals surface area contributed by atoms with Crippen LogP contribution < -0.4 is 5.32 Å². The monoisotopic (exact) mass is 241 g/mol. The Morgan fingerprint density at radius 3 is 2.75 bits per heavy atom. The van der Waals surface area contributed by atoms with Gasteiger partial charge in [-0.2, -0.15) is 0 Å². The Labute approximate surface area is 103 Å². The fourth-order valence-electron chi connectivity index (χ4n) is 1.63. The molecular weight excluding hydrogens is 222 g/mol. The average molecular weight is 242 g/mol. The molecule has 1 atom stereocenters. The Kier molecular flexibility index (Phi) is 6.46. The topological polar surface area (TPSA) is 21.3 Å². The number of hydrogen-bond acceptors (Lipinski definition) is 2. The predicted octanol–water partition coefficient (Wildman–Crippen LogP) is 3.42. The van der Waals surface area contributed by atoms with Crippen molar-refractivity contribution in [1.82, 2.24) is 5.32 Å². The fourth-order valence-corrected chi connectivity index (χ4v) is 1.93. The Morgan fingerprint density at radius 1 is 1.31 bits per heavy atom. The molecule has 1 rings (SSSR count). The van der Waals surface area contributed by atoms with Crippen molar-refractivity contribution in [1.29, 1.82) is 0 Å². The highest BCUT2D eigenvalue weighted by Crippen LogP contribution is 2.21. The third-order valence-electron chi connectivity index (χ3n) is 2.60. The van der Waals surface area contributed by atoms with E-state index in [1.807, 2.05) is 18.2 Å². The number of benzene rings is 1. The number of hydrogen-bond donors (Lipinski definition) is 1.